The first-order valence-corrected chi connectivity index (χ1v) is 11.1. The summed E-state index contributed by atoms with van der Waals surface area (Å²) in [6, 6.07) is 15.5. The minimum Gasteiger partial charge on any atom is -0.493 e. The first-order chi connectivity index (χ1) is 15.9. The van der Waals surface area contributed by atoms with Gasteiger partial charge in [0.1, 0.15) is 18.1 Å². The van der Waals surface area contributed by atoms with E-state index < -0.39 is 5.54 Å². The van der Waals surface area contributed by atoms with Gasteiger partial charge in [-0.1, -0.05) is 30.7 Å². The van der Waals surface area contributed by atoms with Crippen molar-refractivity contribution in [3.63, 3.8) is 0 Å². The van der Waals surface area contributed by atoms with E-state index in [0.29, 0.717) is 36.5 Å². The monoisotopic (exact) mass is 463 g/mol. The Morgan fingerprint density at radius 1 is 1.06 bits per heavy atom. The lowest BCUT2D eigenvalue weighted by atomic mass is 9.81. The van der Waals surface area contributed by atoms with Gasteiger partial charge in [-0.15, -0.1) is 0 Å². The number of fused-ring (bicyclic) bond motifs is 4. The van der Waals surface area contributed by atoms with Crippen molar-refractivity contribution in [1.82, 2.24) is 4.98 Å². The summed E-state index contributed by atoms with van der Waals surface area (Å²) in [6.45, 7) is 4.36. The molecule has 7 nitrogen and oxygen atoms in total. The summed E-state index contributed by atoms with van der Waals surface area (Å²) >= 11 is 6.21. The molecule has 2 aromatic carbocycles. The molecule has 0 radical (unpaired) electrons. The molecule has 6 rings (SSSR count). The highest BCUT2D eigenvalue weighted by molar-refractivity contribution is 6.30. The van der Waals surface area contributed by atoms with Gasteiger partial charge in [-0.25, -0.2) is 9.98 Å². The minimum absolute atomic E-state index is 0.0333. The normalized spacial score (nSPS) is 21.8. The number of nitrogens with two attached hydrogens (primary N) is 1. The maximum atomic E-state index is 6.21. The Morgan fingerprint density at radius 3 is 2.67 bits per heavy atom. The SMILES string of the molecule is CC1(COc2ccc3c(c2)[C@@]2(COC(N)=N2)c2cc(-c4cccc(Cl)c4)cnc2O3)COC1. The summed E-state index contributed by atoms with van der Waals surface area (Å²) in [7, 11) is 0. The molecule has 1 saturated heterocycles. The van der Waals surface area contributed by atoms with Crippen molar-refractivity contribution in [3.8, 4) is 28.5 Å². The maximum absolute atomic E-state index is 6.21. The van der Waals surface area contributed by atoms with E-state index in [9.17, 15) is 0 Å². The fourth-order valence-corrected chi connectivity index (χ4v) is 4.60. The Morgan fingerprint density at radius 2 is 1.94 bits per heavy atom. The second kappa shape index (κ2) is 7.37. The summed E-state index contributed by atoms with van der Waals surface area (Å²) in [5.41, 5.74) is 8.62. The third kappa shape index (κ3) is 3.39. The van der Waals surface area contributed by atoms with Crippen LogP contribution in [0.25, 0.3) is 11.1 Å². The lowest BCUT2D eigenvalue weighted by Crippen LogP contribution is -2.44. The van der Waals surface area contributed by atoms with E-state index in [1.807, 2.05) is 48.5 Å². The molecule has 0 unspecified atom stereocenters. The Labute approximate surface area is 196 Å². The zero-order valence-corrected chi connectivity index (χ0v) is 18.8. The Hall–Kier alpha value is -3.29. The summed E-state index contributed by atoms with van der Waals surface area (Å²) in [6.07, 6.45) is 1.77. The third-order valence-corrected chi connectivity index (χ3v) is 6.51. The molecule has 2 N–H and O–H groups in total. The third-order valence-electron chi connectivity index (χ3n) is 6.28. The fourth-order valence-electron chi connectivity index (χ4n) is 4.41. The van der Waals surface area contributed by atoms with Gasteiger partial charge in [-0.3, -0.25) is 0 Å². The van der Waals surface area contributed by atoms with Gasteiger partial charge in [0.15, 0.2) is 5.54 Å². The molecular weight excluding hydrogens is 442 g/mol. The zero-order chi connectivity index (χ0) is 22.6. The van der Waals surface area contributed by atoms with E-state index in [2.05, 4.69) is 11.9 Å². The number of benzene rings is 2. The first kappa shape index (κ1) is 20.3. The van der Waals surface area contributed by atoms with Gasteiger partial charge >= 0.3 is 0 Å². The van der Waals surface area contributed by atoms with Crippen LogP contribution in [-0.2, 0) is 15.0 Å². The van der Waals surface area contributed by atoms with E-state index in [1.54, 1.807) is 6.20 Å². The Kier molecular flexibility index (Phi) is 4.54. The summed E-state index contributed by atoms with van der Waals surface area (Å²) in [5, 5.41) is 0.653. The van der Waals surface area contributed by atoms with Crippen LogP contribution in [0, 0.1) is 5.41 Å². The number of nitrogens with zero attached hydrogens (tertiary/aromatic N) is 2. The largest absolute Gasteiger partial charge is 0.493 e. The lowest BCUT2D eigenvalue weighted by Gasteiger charge is -2.37. The van der Waals surface area contributed by atoms with Crippen molar-refractivity contribution in [2.75, 3.05) is 26.4 Å². The highest BCUT2D eigenvalue weighted by Crippen LogP contribution is 2.51. The van der Waals surface area contributed by atoms with E-state index in [4.69, 9.17) is 41.3 Å². The zero-order valence-electron chi connectivity index (χ0n) is 18.0. The minimum atomic E-state index is -0.878. The molecule has 1 spiro atoms. The van der Waals surface area contributed by atoms with Gasteiger partial charge in [0.05, 0.1) is 25.4 Å². The van der Waals surface area contributed by atoms with Crippen LogP contribution in [0.5, 0.6) is 17.4 Å². The molecule has 0 bridgehead atoms. The fraction of sp³-hybridized carbons (Fsp3) is 0.280. The Balaban J connectivity index is 1.43. The smallest absolute Gasteiger partial charge is 0.283 e. The van der Waals surface area contributed by atoms with Crippen molar-refractivity contribution in [2.24, 2.45) is 16.1 Å². The van der Waals surface area contributed by atoms with E-state index in [-0.39, 0.29) is 18.0 Å². The van der Waals surface area contributed by atoms with Crippen molar-refractivity contribution in [3.05, 3.63) is 70.9 Å². The van der Waals surface area contributed by atoms with Gasteiger partial charge in [-0.2, -0.15) is 0 Å². The Bertz CT molecular complexity index is 1290. The highest BCUT2D eigenvalue weighted by Gasteiger charge is 2.48. The quantitative estimate of drug-likeness (QED) is 0.612. The van der Waals surface area contributed by atoms with Crippen molar-refractivity contribution in [1.29, 1.82) is 0 Å². The average molecular weight is 464 g/mol. The second-order valence-corrected chi connectivity index (χ2v) is 9.47. The van der Waals surface area contributed by atoms with Crippen LogP contribution in [0.1, 0.15) is 18.1 Å². The molecule has 8 heteroatoms. The van der Waals surface area contributed by atoms with Crippen LogP contribution < -0.4 is 15.2 Å². The highest BCUT2D eigenvalue weighted by atomic mass is 35.5. The van der Waals surface area contributed by atoms with Crippen LogP contribution in [0.4, 0.5) is 0 Å². The van der Waals surface area contributed by atoms with Crippen LogP contribution >= 0.6 is 11.6 Å². The molecule has 3 aliphatic heterocycles. The van der Waals surface area contributed by atoms with Crippen LogP contribution in [0.3, 0.4) is 0 Å². The number of hydrogen-bond acceptors (Lipinski definition) is 7. The predicted octanol–water partition coefficient (Wildman–Crippen LogP) is 4.51. The van der Waals surface area contributed by atoms with E-state index >= 15 is 0 Å². The molecule has 1 fully saturated rings. The van der Waals surface area contributed by atoms with Gasteiger partial charge in [-0.05, 0) is 42.0 Å². The predicted molar refractivity (Wildman–Crippen MR) is 124 cm³/mol. The summed E-state index contributed by atoms with van der Waals surface area (Å²) in [4.78, 5) is 9.34. The van der Waals surface area contributed by atoms with Crippen LogP contribution in [-0.4, -0.2) is 37.4 Å². The van der Waals surface area contributed by atoms with Crippen molar-refractivity contribution < 1.29 is 18.9 Å². The van der Waals surface area contributed by atoms with Gasteiger partial charge in [0, 0.05) is 27.8 Å². The average Bonchev–Trinajstić information content (AvgIpc) is 3.19. The van der Waals surface area contributed by atoms with Crippen LogP contribution in [0.2, 0.25) is 5.02 Å². The number of hydrogen-bond donors (Lipinski definition) is 1. The number of pyridine rings is 1. The molecule has 1 aromatic heterocycles. The van der Waals surface area contributed by atoms with Crippen molar-refractivity contribution >= 4 is 17.6 Å². The number of aliphatic imine (C=N–C) groups is 1. The van der Waals surface area contributed by atoms with Gasteiger partial charge < -0.3 is 24.7 Å². The van der Waals surface area contributed by atoms with Gasteiger partial charge in [0.2, 0.25) is 5.88 Å². The number of amidine groups is 1. The van der Waals surface area contributed by atoms with E-state index in [0.717, 1.165) is 28.0 Å². The second-order valence-electron chi connectivity index (χ2n) is 9.04. The molecule has 0 aliphatic carbocycles. The molecular formula is C25H22ClN3O4. The van der Waals surface area contributed by atoms with Crippen LogP contribution in [0.15, 0.2) is 59.7 Å². The maximum Gasteiger partial charge on any atom is 0.283 e. The van der Waals surface area contributed by atoms with Crippen molar-refractivity contribution in [2.45, 2.75) is 12.5 Å². The van der Waals surface area contributed by atoms with Gasteiger partial charge in [0.25, 0.3) is 6.02 Å². The van der Waals surface area contributed by atoms with E-state index in [1.165, 1.54) is 0 Å². The summed E-state index contributed by atoms with van der Waals surface area (Å²) < 4.78 is 23.3. The number of halogens is 1. The lowest BCUT2D eigenvalue weighted by molar-refractivity contribution is -0.120. The standard InChI is InChI=1S/C25H22ClN3O4/c1-24(11-30-12-24)13-31-18-5-6-21-19(9-18)25(14-32-23(27)29-25)20-8-16(10-28-22(20)33-21)15-3-2-4-17(26)7-15/h2-10H,11-14H2,1H3,(H2,27,29)/t25-/m0/s1. The molecule has 33 heavy (non-hydrogen) atoms. The number of ether oxygens (including phenoxy) is 4. The molecule has 1 atom stereocenters. The summed E-state index contributed by atoms with van der Waals surface area (Å²) in [5.74, 6) is 1.86. The molecule has 0 saturated carbocycles. The topological polar surface area (TPSA) is 88.2 Å². The molecule has 0 amide bonds. The number of aromatic nitrogens is 1. The first-order valence-electron chi connectivity index (χ1n) is 10.7. The molecule has 3 aromatic rings. The molecule has 168 valence electrons. The molecule has 3 aliphatic rings. The molecule has 4 heterocycles. The number of rotatable bonds is 4.